The van der Waals surface area contributed by atoms with Crippen LogP contribution in [0.5, 0.6) is 0 Å². The maximum absolute atomic E-state index is 12.8. The molecule has 0 aliphatic rings. The molecule has 0 saturated heterocycles. The van der Waals surface area contributed by atoms with Crippen molar-refractivity contribution in [2.75, 3.05) is 7.11 Å². The maximum atomic E-state index is 12.8. The van der Waals surface area contributed by atoms with E-state index >= 15 is 0 Å². The number of nitrogens with one attached hydrogen (secondary N) is 1. The molecule has 180 valence electrons. The standard InChI is InChI=1S/C26H30N2O5S/c1-6-21(32-5)23(29)22(27-4)25(30)28-17(2)26(31)33-18(3)24(19-13-9-7-10-14-19)34-20-15-11-8-12-16-20/h6-18,24,29H,4H2,1-3,5H3,(H,28,30)/b21-6+,23-22+/t17-,18-,24-/m0/s1. The SMILES string of the molecule is C=N/C(C(=O)N[C@@H](C)C(=O)O[C@@H](C)[C@H](Sc1ccccc1)c1ccccc1)=C(O)\C(=C/C)OC. The van der Waals surface area contributed by atoms with Gasteiger partial charge in [-0.2, -0.15) is 0 Å². The second kappa shape index (κ2) is 13.3. The van der Waals surface area contributed by atoms with Gasteiger partial charge in [0.1, 0.15) is 12.1 Å². The summed E-state index contributed by atoms with van der Waals surface area (Å²) in [5.41, 5.74) is 0.655. The zero-order valence-corrected chi connectivity index (χ0v) is 20.5. The molecule has 0 bridgehead atoms. The Morgan fingerprint density at radius 1 is 1.09 bits per heavy atom. The fourth-order valence-electron chi connectivity index (χ4n) is 3.12. The fraction of sp³-hybridized carbons (Fsp3) is 0.269. The van der Waals surface area contributed by atoms with E-state index in [0.717, 1.165) is 10.5 Å². The summed E-state index contributed by atoms with van der Waals surface area (Å²) >= 11 is 1.59. The van der Waals surface area contributed by atoms with Crippen LogP contribution < -0.4 is 5.32 Å². The average molecular weight is 483 g/mol. The normalized spacial score (nSPS) is 14.8. The molecule has 0 fully saturated rings. The Kier molecular flexibility index (Phi) is 10.4. The van der Waals surface area contributed by atoms with Gasteiger partial charge in [-0.25, -0.2) is 4.79 Å². The van der Waals surface area contributed by atoms with Gasteiger partial charge in [0.25, 0.3) is 5.91 Å². The molecule has 7 nitrogen and oxygen atoms in total. The molecule has 34 heavy (non-hydrogen) atoms. The zero-order chi connectivity index (χ0) is 25.1. The number of methoxy groups -OCH3 is 1. The topological polar surface area (TPSA) is 97.2 Å². The van der Waals surface area contributed by atoms with E-state index in [1.54, 1.807) is 18.7 Å². The summed E-state index contributed by atoms with van der Waals surface area (Å²) in [6.07, 6.45) is 0.977. The molecule has 2 rings (SSSR count). The fourth-order valence-corrected chi connectivity index (χ4v) is 4.26. The molecule has 2 N–H and O–H groups in total. The molecule has 0 saturated carbocycles. The van der Waals surface area contributed by atoms with E-state index < -0.39 is 29.8 Å². The van der Waals surface area contributed by atoms with Crippen LogP contribution in [0.3, 0.4) is 0 Å². The molecule has 3 atom stereocenters. The van der Waals surface area contributed by atoms with E-state index in [1.165, 1.54) is 20.1 Å². The largest absolute Gasteiger partial charge is 0.503 e. The van der Waals surface area contributed by atoms with E-state index in [2.05, 4.69) is 17.0 Å². The number of ether oxygens (including phenoxy) is 2. The average Bonchev–Trinajstić information content (AvgIpc) is 2.84. The highest BCUT2D eigenvalue weighted by atomic mass is 32.2. The molecule has 0 aliphatic heterocycles. The number of carbonyl (C=O) groups is 2. The van der Waals surface area contributed by atoms with Crippen LogP contribution in [0, 0.1) is 0 Å². The van der Waals surface area contributed by atoms with Gasteiger partial charge in [0.05, 0.1) is 12.4 Å². The Labute approximate surface area is 204 Å². The minimum atomic E-state index is -0.991. The van der Waals surface area contributed by atoms with Crippen molar-refractivity contribution in [3.05, 3.63) is 89.5 Å². The summed E-state index contributed by atoms with van der Waals surface area (Å²) < 4.78 is 10.7. The predicted octanol–water partition coefficient (Wildman–Crippen LogP) is 4.98. The highest BCUT2D eigenvalue weighted by molar-refractivity contribution is 7.99. The number of hydrogen-bond donors (Lipinski definition) is 2. The lowest BCUT2D eigenvalue weighted by molar-refractivity contribution is -0.151. The first-order valence-electron chi connectivity index (χ1n) is 10.7. The summed E-state index contributed by atoms with van der Waals surface area (Å²) in [5, 5.41) is 12.6. The van der Waals surface area contributed by atoms with Gasteiger partial charge in [-0.05, 0) is 51.3 Å². The molecule has 2 aromatic rings. The van der Waals surface area contributed by atoms with Gasteiger partial charge in [0.15, 0.2) is 17.2 Å². The number of benzene rings is 2. The quantitative estimate of drug-likeness (QED) is 0.117. The molecular formula is C26H30N2O5S. The van der Waals surface area contributed by atoms with Crippen LogP contribution in [0.2, 0.25) is 0 Å². The third-order valence-electron chi connectivity index (χ3n) is 4.88. The van der Waals surface area contributed by atoms with Crippen molar-refractivity contribution < 1.29 is 24.2 Å². The number of nitrogens with zero attached hydrogens (tertiary/aromatic N) is 1. The Morgan fingerprint density at radius 2 is 1.68 bits per heavy atom. The van der Waals surface area contributed by atoms with Crippen LogP contribution in [0.4, 0.5) is 0 Å². The zero-order valence-electron chi connectivity index (χ0n) is 19.7. The van der Waals surface area contributed by atoms with Gasteiger partial charge in [-0.3, -0.25) is 9.79 Å². The van der Waals surface area contributed by atoms with Crippen LogP contribution in [-0.4, -0.2) is 43.0 Å². The molecule has 0 spiro atoms. The Hall–Kier alpha value is -3.52. The van der Waals surface area contributed by atoms with Crippen LogP contribution in [-0.2, 0) is 19.1 Å². The molecule has 1 amide bonds. The third-order valence-corrected chi connectivity index (χ3v) is 6.33. The lowest BCUT2D eigenvalue weighted by Crippen LogP contribution is -2.41. The number of rotatable bonds is 11. The first-order valence-corrected chi connectivity index (χ1v) is 11.6. The van der Waals surface area contributed by atoms with Crippen molar-refractivity contribution in [3.8, 4) is 0 Å². The second-order valence-corrected chi connectivity index (χ2v) is 8.53. The summed E-state index contributed by atoms with van der Waals surface area (Å²) in [6.45, 7) is 8.27. The first-order chi connectivity index (χ1) is 16.3. The molecule has 0 unspecified atom stereocenters. The molecule has 0 aromatic heterocycles. The Bertz CT molecular complexity index is 1040. The van der Waals surface area contributed by atoms with E-state index in [0.29, 0.717) is 0 Å². The van der Waals surface area contributed by atoms with Crippen molar-refractivity contribution in [2.24, 2.45) is 4.99 Å². The number of carbonyl (C=O) groups excluding carboxylic acids is 2. The Balaban J connectivity index is 2.14. The lowest BCUT2D eigenvalue weighted by atomic mass is 10.1. The molecule has 0 heterocycles. The van der Waals surface area contributed by atoms with E-state index in [9.17, 15) is 14.7 Å². The molecule has 8 heteroatoms. The number of aliphatic hydroxyl groups excluding tert-OH is 1. The number of hydrogen-bond acceptors (Lipinski definition) is 7. The van der Waals surface area contributed by atoms with Crippen LogP contribution >= 0.6 is 11.8 Å². The summed E-state index contributed by atoms with van der Waals surface area (Å²) in [6, 6.07) is 18.6. The van der Waals surface area contributed by atoms with Crippen molar-refractivity contribution in [1.82, 2.24) is 5.32 Å². The van der Waals surface area contributed by atoms with Crippen molar-refractivity contribution >= 4 is 30.4 Å². The number of amides is 1. The number of thioether (sulfide) groups is 1. The van der Waals surface area contributed by atoms with E-state index in [-0.39, 0.29) is 16.7 Å². The lowest BCUT2D eigenvalue weighted by Gasteiger charge is -2.25. The van der Waals surface area contributed by atoms with Gasteiger partial charge in [-0.15, -0.1) is 11.8 Å². The van der Waals surface area contributed by atoms with Gasteiger partial charge in [-0.1, -0.05) is 48.5 Å². The van der Waals surface area contributed by atoms with Crippen LogP contribution in [0.1, 0.15) is 31.6 Å². The van der Waals surface area contributed by atoms with Gasteiger partial charge < -0.3 is 19.9 Å². The van der Waals surface area contributed by atoms with E-state index in [1.807, 2.05) is 67.6 Å². The molecule has 0 aliphatic carbocycles. The Morgan fingerprint density at radius 3 is 2.21 bits per heavy atom. The molecule has 2 aromatic carbocycles. The minimum Gasteiger partial charge on any atom is -0.503 e. The van der Waals surface area contributed by atoms with Gasteiger partial charge in [0, 0.05) is 4.90 Å². The third kappa shape index (κ3) is 7.25. The smallest absolute Gasteiger partial charge is 0.328 e. The highest BCUT2D eigenvalue weighted by Gasteiger charge is 2.28. The van der Waals surface area contributed by atoms with Crippen molar-refractivity contribution in [3.63, 3.8) is 0 Å². The monoisotopic (exact) mass is 482 g/mol. The van der Waals surface area contributed by atoms with Gasteiger partial charge >= 0.3 is 5.97 Å². The first kappa shape index (κ1) is 26.7. The second-order valence-electron chi connectivity index (χ2n) is 7.31. The predicted molar refractivity (Wildman–Crippen MR) is 135 cm³/mol. The summed E-state index contributed by atoms with van der Waals surface area (Å²) in [7, 11) is 1.35. The maximum Gasteiger partial charge on any atom is 0.328 e. The minimum absolute atomic E-state index is 0.0602. The van der Waals surface area contributed by atoms with Crippen molar-refractivity contribution in [1.29, 1.82) is 0 Å². The van der Waals surface area contributed by atoms with Crippen molar-refractivity contribution in [2.45, 2.75) is 43.1 Å². The van der Waals surface area contributed by atoms with Crippen LogP contribution in [0.15, 0.2) is 93.8 Å². The number of aliphatic imine (C=N–C) groups is 1. The summed E-state index contributed by atoms with van der Waals surface area (Å²) in [4.78, 5) is 30.0. The number of aliphatic hydroxyl groups is 1. The number of esters is 1. The van der Waals surface area contributed by atoms with E-state index in [4.69, 9.17) is 9.47 Å². The number of allylic oxidation sites excluding steroid dienone is 1. The highest BCUT2D eigenvalue weighted by Crippen LogP contribution is 2.38. The van der Waals surface area contributed by atoms with Crippen LogP contribution in [0.25, 0.3) is 0 Å². The summed E-state index contributed by atoms with van der Waals surface area (Å²) in [5.74, 6) is -1.81. The molecule has 0 radical (unpaired) electrons. The molecular weight excluding hydrogens is 452 g/mol. The van der Waals surface area contributed by atoms with Gasteiger partial charge in [0.2, 0.25) is 0 Å².